The SMILES string of the molecule is C=Cc1ccc(C(C)n2c3ccccc3c3ccccc32)cc1. The molecule has 0 fully saturated rings. The molecule has 1 unspecified atom stereocenters. The first-order chi connectivity index (χ1) is 11.3. The Bertz CT molecular complexity index is 936. The predicted molar refractivity (Wildman–Crippen MR) is 99.8 cm³/mol. The van der Waals surface area contributed by atoms with Crippen LogP contribution in [-0.2, 0) is 0 Å². The van der Waals surface area contributed by atoms with Crippen LogP contribution in [0.1, 0.15) is 24.1 Å². The monoisotopic (exact) mass is 297 g/mol. The molecule has 0 aliphatic heterocycles. The van der Waals surface area contributed by atoms with Crippen molar-refractivity contribution in [1.82, 2.24) is 4.57 Å². The minimum Gasteiger partial charge on any atom is -0.333 e. The standard InChI is InChI=1S/C22H19N/c1-3-17-12-14-18(15-13-17)16(2)23-21-10-6-4-8-19(21)20-9-5-7-11-22(20)23/h3-16H,1H2,2H3. The molecular formula is C22H19N. The predicted octanol–water partition coefficient (Wildman–Crippen LogP) is 6.05. The average molecular weight is 297 g/mol. The van der Waals surface area contributed by atoms with Gasteiger partial charge in [-0.05, 0) is 30.2 Å². The van der Waals surface area contributed by atoms with Gasteiger partial charge in [0.15, 0.2) is 0 Å². The van der Waals surface area contributed by atoms with Gasteiger partial charge >= 0.3 is 0 Å². The minimum absolute atomic E-state index is 0.277. The minimum atomic E-state index is 0.277. The van der Waals surface area contributed by atoms with Crippen LogP contribution in [0.2, 0.25) is 0 Å². The highest BCUT2D eigenvalue weighted by atomic mass is 15.0. The summed E-state index contributed by atoms with van der Waals surface area (Å²) >= 11 is 0. The van der Waals surface area contributed by atoms with Gasteiger partial charge in [0, 0.05) is 21.8 Å². The van der Waals surface area contributed by atoms with E-state index in [-0.39, 0.29) is 6.04 Å². The molecule has 23 heavy (non-hydrogen) atoms. The molecule has 1 heteroatoms. The molecule has 0 aliphatic carbocycles. The van der Waals surface area contributed by atoms with Crippen LogP contribution < -0.4 is 0 Å². The normalized spacial score (nSPS) is 12.6. The van der Waals surface area contributed by atoms with Gasteiger partial charge < -0.3 is 4.57 Å². The fourth-order valence-electron chi connectivity index (χ4n) is 3.43. The highest BCUT2D eigenvalue weighted by Crippen LogP contribution is 2.33. The fraction of sp³-hybridized carbons (Fsp3) is 0.0909. The molecule has 0 amide bonds. The highest BCUT2D eigenvalue weighted by molar-refractivity contribution is 6.08. The van der Waals surface area contributed by atoms with Crippen molar-refractivity contribution in [3.05, 3.63) is 90.5 Å². The summed E-state index contributed by atoms with van der Waals surface area (Å²) in [6, 6.07) is 26.2. The number of hydrogen-bond donors (Lipinski definition) is 0. The maximum absolute atomic E-state index is 3.83. The molecule has 0 N–H and O–H groups in total. The van der Waals surface area contributed by atoms with E-state index in [1.165, 1.54) is 27.4 Å². The van der Waals surface area contributed by atoms with Crippen LogP contribution in [0.25, 0.3) is 27.9 Å². The Morgan fingerprint density at radius 1 is 0.783 bits per heavy atom. The molecular weight excluding hydrogens is 278 g/mol. The second-order valence-corrected chi connectivity index (χ2v) is 5.95. The molecule has 0 radical (unpaired) electrons. The third-order valence-electron chi connectivity index (χ3n) is 4.66. The van der Waals surface area contributed by atoms with E-state index in [0.29, 0.717) is 0 Å². The molecule has 1 nitrogen and oxygen atoms in total. The number of nitrogens with zero attached hydrogens (tertiary/aromatic N) is 1. The Hall–Kier alpha value is -2.80. The van der Waals surface area contributed by atoms with Crippen molar-refractivity contribution in [2.45, 2.75) is 13.0 Å². The lowest BCUT2D eigenvalue weighted by atomic mass is 10.1. The number of fused-ring (bicyclic) bond motifs is 3. The van der Waals surface area contributed by atoms with E-state index in [1.54, 1.807) is 0 Å². The van der Waals surface area contributed by atoms with Crippen LogP contribution in [0.5, 0.6) is 0 Å². The Balaban J connectivity index is 1.96. The highest BCUT2D eigenvalue weighted by Gasteiger charge is 2.15. The van der Waals surface area contributed by atoms with Crippen molar-refractivity contribution in [3.63, 3.8) is 0 Å². The summed E-state index contributed by atoms with van der Waals surface area (Å²) < 4.78 is 2.44. The van der Waals surface area contributed by atoms with Crippen LogP contribution in [0, 0.1) is 0 Å². The Kier molecular flexibility index (Phi) is 3.27. The largest absolute Gasteiger partial charge is 0.333 e. The van der Waals surface area contributed by atoms with Gasteiger partial charge in [-0.1, -0.05) is 73.3 Å². The van der Waals surface area contributed by atoms with Crippen LogP contribution in [0.15, 0.2) is 79.4 Å². The van der Waals surface area contributed by atoms with Crippen molar-refractivity contribution in [3.8, 4) is 0 Å². The summed E-state index contributed by atoms with van der Waals surface area (Å²) in [7, 11) is 0. The Labute approximate surface area is 136 Å². The molecule has 0 spiro atoms. The van der Waals surface area contributed by atoms with Gasteiger partial charge in [-0.15, -0.1) is 0 Å². The van der Waals surface area contributed by atoms with Gasteiger partial charge in [0.1, 0.15) is 0 Å². The van der Waals surface area contributed by atoms with Gasteiger partial charge in [-0.2, -0.15) is 0 Å². The second-order valence-electron chi connectivity index (χ2n) is 5.95. The van der Waals surface area contributed by atoms with E-state index in [1.807, 2.05) is 6.08 Å². The van der Waals surface area contributed by atoms with Crippen molar-refractivity contribution in [1.29, 1.82) is 0 Å². The number of rotatable bonds is 3. The van der Waals surface area contributed by atoms with E-state index < -0.39 is 0 Å². The van der Waals surface area contributed by atoms with Gasteiger partial charge in [-0.25, -0.2) is 0 Å². The summed E-state index contributed by atoms with van der Waals surface area (Å²) in [4.78, 5) is 0. The number of para-hydroxylation sites is 2. The average Bonchev–Trinajstić information content (AvgIpc) is 2.96. The molecule has 1 heterocycles. The first kappa shape index (κ1) is 13.8. The first-order valence-electron chi connectivity index (χ1n) is 7.99. The molecule has 0 saturated carbocycles. The van der Waals surface area contributed by atoms with Crippen molar-refractivity contribution < 1.29 is 0 Å². The summed E-state index contributed by atoms with van der Waals surface area (Å²) in [6.45, 7) is 6.10. The van der Waals surface area contributed by atoms with Crippen molar-refractivity contribution >= 4 is 27.9 Å². The summed E-state index contributed by atoms with van der Waals surface area (Å²) in [5, 5.41) is 2.63. The van der Waals surface area contributed by atoms with E-state index in [4.69, 9.17) is 0 Å². The molecule has 4 rings (SSSR count). The molecule has 0 aliphatic rings. The Morgan fingerprint density at radius 2 is 1.30 bits per heavy atom. The topological polar surface area (TPSA) is 4.93 Å². The lowest BCUT2D eigenvalue weighted by Gasteiger charge is -2.17. The number of benzene rings is 3. The maximum atomic E-state index is 3.83. The Morgan fingerprint density at radius 3 is 1.83 bits per heavy atom. The molecule has 4 aromatic rings. The van der Waals surface area contributed by atoms with Gasteiger partial charge in [-0.3, -0.25) is 0 Å². The zero-order valence-corrected chi connectivity index (χ0v) is 13.2. The zero-order valence-electron chi connectivity index (χ0n) is 13.2. The van der Waals surface area contributed by atoms with E-state index >= 15 is 0 Å². The maximum Gasteiger partial charge on any atom is 0.0563 e. The van der Waals surface area contributed by atoms with Crippen LogP contribution >= 0.6 is 0 Å². The number of hydrogen-bond acceptors (Lipinski definition) is 0. The van der Waals surface area contributed by atoms with Gasteiger partial charge in [0.25, 0.3) is 0 Å². The van der Waals surface area contributed by atoms with Crippen molar-refractivity contribution in [2.24, 2.45) is 0 Å². The van der Waals surface area contributed by atoms with Gasteiger partial charge in [0.2, 0.25) is 0 Å². The van der Waals surface area contributed by atoms with Gasteiger partial charge in [0.05, 0.1) is 6.04 Å². The third-order valence-corrected chi connectivity index (χ3v) is 4.66. The fourth-order valence-corrected chi connectivity index (χ4v) is 3.43. The first-order valence-corrected chi connectivity index (χ1v) is 7.99. The second kappa shape index (κ2) is 5.44. The summed E-state index contributed by atoms with van der Waals surface area (Å²) in [5.41, 5.74) is 5.04. The van der Waals surface area contributed by atoms with E-state index in [9.17, 15) is 0 Å². The van der Waals surface area contributed by atoms with Crippen molar-refractivity contribution in [2.75, 3.05) is 0 Å². The quantitative estimate of drug-likeness (QED) is 0.434. The third kappa shape index (κ3) is 2.17. The van der Waals surface area contributed by atoms with Crippen LogP contribution in [0.3, 0.4) is 0 Å². The molecule has 0 bridgehead atoms. The molecule has 0 saturated heterocycles. The molecule has 112 valence electrons. The molecule has 3 aromatic carbocycles. The van der Waals surface area contributed by atoms with E-state index in [2.05, 4.69) is 90.9 Å². The molecule has 1 aromatic heterocycles. The number of aromatic nitrogens is 1. The van der Waals surface area contributed by atoms with Crippen LogP contribution in [0.4, 0.5) is 0 Å². The lowest BCUT2D eigenvalue weighted by molar-refractivity contribution is 0.685. The van der Waals surface area contributed by atoms with Crippen LogP contribution in [-0.4, -0.2) is 4.57 Å². The summed E-state index contributed by atoms with van der Waals surface area (Å²) in [6.07, 6.45) is 1.88. The smallest absolute Gasteiger partial charge is 0.0563 e. The lowest BCUT2D eigenvalue weighted by Crippen LogP contribution is -2.06. The molecule has 1 atom stereocenters. The zero-order chi connectivity index (χ0) is 15.8. The van der Waals surface area contributed by atoms with E-state index in [0.717, 1.165) is 5.56 Å². The summed E-state index contributed by atoms with van der Waals surface area (Å²) in [5.74, 6) is 0.